The van der Waals surface area contributed by atoms with Crippen LogP contribution < -0.4 is 5.32 Å². The molecule has 2 aromatic heterocycles. The highest BCUT2D eigenvalue weighted by molar-refractivity contribution is 5.89. The van der Waals surface area contributed by atoms with Gasteiger partial charge < -0.3 is 5.32 Å². The zero-order chi connectivity index (χ0) is 21.8. The van der Waals surface area contributed by atoms with Crippen molar-refractivity contribution in [3.05, 3.63) is 95.8 Å². The average molecular weight is 421 g/mol. The van der Waals surface area contributed by atoms with Gasteiger partial charge in [-0.15, -0.1) is 0 Å². The molecule has 0 atom stereocenters. The molecule has 1 amide bonds. The molecule has 2 aromatic carbocycles. The number of amides is 1. The number of aromatic nitrogens is 2. The first-order valence-corrected chi connectivity index (χ1v) is 9.62. The smallest absolute Gasteiger partial charge is 0.352 e. The molecule has 0 unspecified atom stereocenters. The number of benzene rings is 2. The molecule has 0 saturated heterocycles. The van der Waals surface area contributed by atoms with Crippen molar-refractivity contribution in [1.82, 2.24) is 15.3 Å². The van der Waals surface area contributed by atoms with Crippen molar-refractivity contribution in [2.45, 2.75) is 19.1 Å². The maximum atomic E-state index is 13.1. The highest BCUT2D eigenvalue weighted by Gasteiger charge is 2.30. The third kappa shape index (κ3) is 4.88. The van der Waals surface area contributed by atoms with E-state index in [4.69, 9.17) is 0 Å². The van der Waals surface area contributed by atoms with E-state index in [2.05, 4.69) is 15.3 Å². The summed E-state index contributed by atoms with van der Waals surface area (Å²) < 4.78 is 39.2. The van der Waals surface area contributed by atoms with Gasteiger partial charge in [-0.1, -0.05) is 36.4 Å². The van der Waals surface area contributed by atoms with E-state index in [1.165, 1.54) is 6.07 Å². The number of hydrogen-bond donors (Lipinski definition) is 1. The molecule has 31 heavy (non-hydrogen) atoms. The maximum absolute atomic E-state index is 13.1. The first kappa shape index (κ1) is 20.5. The minimum atomic E-state index is -4.43. The van der Waals surface area contributed by atoms with E-state index < -0.39 is 11.7 Å². The number of halogens is 3. The fraction of sp³-hybridized carbons (Fsp3) is 0.125. The second kappa shape index (κ2) is 8.55. The zero-order valence-electron chi connectivity index (χ0n) is 16.4. The molecule has 0 bridgehead atoms. The molecule has 0 saturated carbocycles. The molecule has 156 valence electrons. The Labute approximate surface area is 176 Å². The lowest BCUT2D eigenvalue weighted by molar-refractivity contribution is -0.137. The van der Waals surface area contributed by atoms with E-state index in [1.807, 2.05) is 24.3 Å². The van der Waals surface area contributed by atoms with Crippen molar-refractivity contribution < 1.29 is 18.0 Å². The van der Waals surface area contributed by atoms with Crippen molar-refractivity contribution in [3.63, 3.8) is 0 Å². The van der Waals surface area contributed by atoms with Gasteiger partial charge >= 0.3 is 6.18 Å². The molecule has 0 aliphatic carbocycles. The predicted molar refractivity (Wildman–Crippen MR) is 112 cm³/mol. The van der Waals surface area contributed by atoms with Gasteiger partial charge in [-0.05, 0) is 41.5 Å². The summed E-state index contributed by atoms with van der Waals surface area (Å²) in [6.45, 7) is 0.384. The molecular weight excluding hydrogens is 403 g/mol. The van der Waals surface area contributed by atoms with Crippen LogP contribution in [0, 0.1) is 0 Å². The minimum Gasteiger partial charge on any atom is -0.352 e. The topological polar surface area (TPSA) is 54.9 Å². The van der Waals surface area contributed by atoms with Crippen LogP contribution in [0.15, 0.2) is 79.1 Å². The van der Waals surface area contributed by atoms with Crippen molar-refractivity contribution in [1.29, 1.82) is 0 Å². The molecule has 4 nitrogen and oxygen atoms in total. The molecule has 0 spiro atoms. The van der Waals surface area contributed by atoms with Gasteiger partial charge in [0.1, 0.15) is 0 Å². The van der Waals surface area contributed by atoms with Crippen LogP contribution >= 0.6 is 0 Å². The fourth-order valence-electron chi connectivity index (χ4n) is 3.30. The van der Waals surface area contributed by atoms with Gasteiger partial charge in [-0.2, -0.15) is 13.2 Å². The number of alkyl halides is 3. The second-order valence-electron chi connectivity index (χ2n) is 7.07. The number of pyridine rings is 2. The quantitative estimate of drug-likeness (QED) is 0.483. The number of nitrogens with one attached hydrogen (secondary N) is 1. The van der Waals surface area contributed by atoms with Gasteiger partial charge in [0.05, 0.1) is 23.2 Å². The van der Waals surface area contributed by atoms with E-state index in [-0.39, 0.29) is 12.3 Å². The summed E-state index contributed by atoms with van der Waals surface area (Å²) in [4.78, 5) is 21.0. The largest absolute Gasteiger partial charge is 0.416 e. The zero-order valence-corrected chi connectivity index (χ0v) is 16.4. The molecule has 7 heteroatoms. The van der Waals surface area contributed by atoms with Crippen LogP contribution in [0.3, 0.4) is 0 Å². The lowest BCUT2D eigenvalue weighted by Gasteiger charge is -2.11. The van der Waals surface area contributed by atoms with Gasteiger partial charge in [0, 0.05) is 29.9 Å². The Morgan fingerprint density at radius 1 is 0.935 bits per heavy atom. The highest BCUT2D eigenvalue weighted by atomic mass is 19.4. The van der Waals surface area contributed by atoms with E-state index in [0.717, 1.165) is 23.1 Å². The molecule has 0 aliphatic heterocycles. The number of para-hydroxylation sites is 1. The Morgan fingerprint density at radius 2 is 1.71 bits per heavy atom. The van der Waals surface area contributed by atoms with Crippen LogP contribution in [0.25, 0.3) is 22.2 Å². The Kier molecular flexibility index (Phi) is 5.66. The lowest BCUT2D eigenvalue weighted by Crippen LogP contribution is -2.24. The Balaban J connectivity index is 1.60. The Bertz CT molecular complexity index is 1220. The third-order valence-electron chi connectivity index (χ3n) is 4.88. The summed E-state index contributed by atoms with van der Waals surface area (Å²) in [6, 6.07) is 17.7. The van der Waals surface area contributed by atoms with Crippen molar-refractivity contribution in [3.8, 4) is 11.3 Å². The molecule has 4 aromatic rings. The van der Waals surface area contributed by atoms with Gasteiger partial charge in [-0.3, -0.25) is 9.78 Å². The Morgan fingerprint density at radius 3 is 2.48 bits per heavy atom. The van der Waals surface area contributed by atoms with E-state index in [0.29, 0.717) is 28.9 Å². The standard InChI is InChI=1S/C24H18F3N3O/c25-24(26,27)20-6-2-4-18(13-20)21-8-7-17-3-1-5-19(23(17)30-21)14-22(31)29-15-16-9-11-28-12-10-16/h1-13H,14-15H2,(H,29,31). The number of carbonyl (C=O) groups is 1. The van der Waals surface area contributed by atoms with Crippen LogP contribution in [0.5, 0.6) is 0 Å². The van der Waals surface area contributed by atoms with Crippen LogP contribution in [-0.4, -0.2) is 15.9 Å². The lowest BCUT2D eigenvalue weighted by atomic mass is 10.0. The summed E-state index contributed by atoms with van der Waals surface area (Å²) in [6.07, 6.45) is -0.997. The molecule has 4 rings (SSSR count). The molecule has 0 fully saturated rings. The summed E-state index contributed by atoms with van der Waals surface area (Å²) >= 11 is 0. The molecule has 2 heterocycles. The van der Waals surface area contributed by atoms with Crippen molar-refractivity contribution in [2.75, 3.05) is 0 Å². The average Bonchev–Trinajstić information content (AvgIpc) is 2.78. The number of nitrogens with zero attached hydrogens (tertiary/aromatic N) is 2. The van der Waals surface area contributed by atoms with Gasteiger partial charge in [0.15, 0.2) is 0 Å². The first-order chi connectivity index (χ1) is 14.9. The van der Waals surface area contributed by atoms with Gasteiger partial charge in [-0.25, -0.2) is 4.98 Å². The van der Waals surface area contributed by atoms with E-state index in [1.54, 1.807) is 36.7 Å². The molecule has 0 aliphatic rings. The summed E-state index contributed by atoms with van der Waals surface area (Å²) in [5.74, 6) is -0.171. The number of carbonyl (C=O) groups excluding carboxylic acids is 1. The third-order valence-corrected chi connectivity index (χ3v) is 4.88. The van der Waals surface area contributed by atoms with E-state index >= 15 is 0 Å². The second-order valence-corrected chi connectivity index (χ2v) is 7.07. The highest BCUT2D eigenvalue weighted by Crippen LogP contribution is 2.32. The molecular formula is C24H18F3N3O. The Hall–Kier alpha value is -3.74. The molecule has 1 N–H and O–H groups in total. The monoisotopic (exact) mass is 421 g/mol. The minimum absolute atomic E-state index is 0.113. The normalized spacial score (nSPS) is 11.5. The van der Waals surface area contributed by atoms with Gasteiger partial charge in [0.2, 0.25) is 5.91 Å². The van der Waals surface area contributed by atoms with Crippen molar-refractivity contribution in [2.24, 2.45) is 0 Å². The van der Waals surface area contributed by atoms with Crippen LogP contribution in [0.2, 0.25) is 0 Å². The van der Waals surface area contributed by atoms with Crippen molar-refractivity contribution >= 4 is 16.8 Å². The van der Waals surface area contributed by atoms with Crippen LogP contribution in [0.1, 0.15) is 16.7 Å². The predicted octanol–water partition coefficient (Wildman–Crippen LogP) is 5.17. The summed E-state index contributed by atoms with van der Waals surface area (Å²) in [5, 5.41) is 3.68. The van der Waals surface area contributed by atoms with Crippen LogP contribution in [0.4, 0.5) is 13.2 Å². The maximum Gasteiger partial charge on any atom is 0.416 e. The summed E-state index contributed by atoms with van der Waals surface area (Å²) in [5.41, 5.74) is 2.30. The number of hydrogen-bond acceptors (Lipinski definition) is 3. The fourth-order valence-corrected chi connectivity index (χ4v) is 3.30. The summed E-state index contributed by atoms with van der Waals surface area (Å²) in [7, 11) is 0. The SMILES string of the molecule is O=C(Cc1cccc2ccc(-c3cccc(C(F)(F)F)c3)nc12)NCc1ccncc1. The first-order valence-electron chi connectivity index (χ1n) is 9.62. The van der Waals surface area contributed by atoms with Gasteiger partial charge in [0.25, 0.3) is 0 Å². The molecule has 0 radical (unpaired) electrons. The number of fused-ring (bicyclic) bond motifs is 1. The van der Waals surface area contributed by atoms with E-state index in [9.17, 15) is 18.0 Å². The number of rotatable bonds is 5. The van der Waals surface area contributed by atoms with Crippen LogP contribution in [-0.2, 0) is 23.9 Å².